The molecule has 0 heterocycles. The Morgan fingerprint density at radius 3 is 1.42 bits per heavy atom. The maximum Gasteiger partial charge on any atom is 0.330 e. The van der Waals surface area contributed by atoms with E-state index in [1.807, 2.05) is 0 Å². The summed E-state index contributed by atoms with van der Waals surface area (Å²) >= 11 is 0. The Morgan fingerprint density at radius 1 is 0.542 bits per heavy atom. The molecule has 0 amide bonds. The topological polar surface area (TPSA) is 192 Å². The minimum atomic E-state index is -1.05. The molecular weight excluding hydrogens is 632 g/mol. The number of esters is 6. The first-order valence-electron chi connectivity index (χ1n) is 14.5. The van der Waals surface area contributed by atoms with E-state index in [-0.39, 0.29) is 50.0 Å². The normalized spacial score (nSPS) is 11.4. The summed E-state index contributed by atoms with van der Waals surface area (Å²) < 4.78 is 31.0. The average Bonchev–Trinajstić information content (AvgIpc) is 3.09. The first kappa shape index (κ1) is 38.3. The fraction of sp³-hybridized carbons (Fsp3) is 0.294. The van der Waals surface area contributed by atoms with Crippen LogP contribution in [0.1, 0.15) is 59.2 Å². The molecule has 2 atom stereocenters. The Kier molecular flexibility index (Phi) is 16.7. The van der Waals surface area contributed by atoms with Crippen LogP contribution in [0.2, 0.25) is 0 Å². The highest BCUT2D eigenvalue weighted by Crippen LogP contribution is 2.16. The Labute approximate surface area is 275 Å². The number of rotatable bonds is 21. The van der Waals surface area contributed by atoms with Crippen LogP contribution in [-0.2, 0) is 47.7 Å². The van der Waals surface area contributed by atoms with E-state index in [0.717, 1.165) is 12.2 Å². The number of aldehydes is 2. The monoisotopic (exact) mass is 666 g/mol. The molecule has 2 aromatic rings. The van der Waals surface area contributed by atoms with Gasteiger partial charge in [0.1, 0.15) is 49.5 Å². The third-order valence-corrected chi connectivity index (χ3v) is 6.13. The Balaban J connectivity index is 1.89. The molecule has 0 aliphatic heterocycles. The summed E-state index contributed by atoms with van der Waals surface area (Å²) in [5.41, 5.74) is 0.783. The number of benzene rings is 2. The number of ether oxygens (including phenoxy) is 6. The van der Waals surface area contributed by atoms with Crippen LogP contribution in [0.4, 0.5) is 0 Å². The Hall–Kier alpha value is -5.92. The van der Waals surface area contributed by atoms with Crippen molar-refractivity contribution in [1.29, 1.82) is 0 Å². The van der Waals surface area contributed by atoms with Crippen molar-refractivity contribution in [3.8, 4) is 11.5 Å². The molecule has 14 heteroatoms. The molecule has 0 fully saturated rings. The molecule has 2 aromatic carbocycles. The predicted molar refractivity (Wildman–Crippen MR) is 165 cm³/mol. The van der Waals surface area contributed by atoms with Crippen LogP contribution >= 0.6 is 0 Å². The average molecular weight is 667 g/mol. The molecule has 14 nitrogen and oxygen atoms in total. The van der Waals surface area contributed by atoms with Crippen molar-refractivity contribution < 1.29 is 66.8 Å². The van der Waals surface area contributed by atoms with Gasteiger partial charge in [0.05, 0.1) is 25.7 Å². The summed E-state index contributed by atoms with van der Waals surface area (Å²) in [7, 11) is 0. The molecule has 0 aromatic heterocycles. The van der Waals surface area contributed by atoms with Crippen molar-refractivity contribution in [2.75, 3.05) is 13.2 Å². The van der Waals surface area contributed by atoms with Crippen LogP contribution in [0.25, 0.3) is 0 Å². The summed E-state index contributed by atoms with van der Waals surface area (Å²) in [5.74, 6) is -4.33. The zero-order valence-electron chi connectivity index (χ0n) is 25.9. The van der Waals surface area contributed by atoms with Crippen LogP contribution in [0, 0.1) is 0 Å². The zero-order chi connectivity index (χ0) is 35.3. The number of hydrogen-bond donors (Lipinski definition) is 0. The van der Waals surface area contributed by atoms with Gasteiger partial charge in [0.15, 0.2) is 0 Å². The van der Waals surface area contributed by atoms with E-state index in [1.54, 1.807) is 0 Å². The van der Waals surface area contributed by atoms with Gasteiger partial charge in [0, 0.05) is 23.3 Å². The standard InChI is InChI=1S/C34H34O14/c1-3-29(37)43-21-28(48-34(42)18-17-33(41)46-26-11-7-24(20-36)8-12-26)14-13-27(47-30(38)4-2)22-44-31(39)15-16-32(40)45-25-9-5-23(19-35)6-10-25/h3-12,19-20,27-28H,1-2,13-18,21-22H2. The number of carbonyl (C=O) groups is 8. The molecule has 254 valence electrons. The first-order chi connectivity index (χ1) is 23.0. The minimum Gasteiger partial charge on any atom is -0.462 e. The first-order valence-corrected chi connectivity index (χ1v) is 14.5. The van der Waals surface area contributed by atoms with Crippen molar-refractivity contribution in [2.45, 2.75) is 50.7 Å². The molecule has 2 rings (SSSR count). The lowest BCUT2D eigenvalue weighted by Crippen LogP contribution is -2.30. The molecule has 0 aliphatic carbocycles. The van der Waals surface area contributed by atoms with Gasteiger partial charge in [-0.3, -0.25) is 28.8 Å². The molecule has 2 unspecified atom stereocenters. The van der Waals surface area contributed by atoms with E-state index in [2.05, 4.69) is 13.2 Å². The Morgan fingerprint density at radius 2 is 0.958 bits per heavy atom. The molecule has 0 N–H and O–H groups in total. The fourth-order valence-corrected chi connectivity index (χ4v) is 3.68. The minimum absolute atomic E-state index is 0.0336. The van der Waals surface area contributed by atoms with E-state index >= 15 is 0 Å². The van der Waals surface area contributed by atoms with Gasteiger partial charge in [0.2, 0.25) is 0 Å². The van der Waals surface area contributed by atoms with E-state index in [4.69, 9.17) is 28.4 Å². The van der Waals surface area contributed by atoms with Gasteiger partial charge >= 0.3 is 35.8 Å². The van der Waals surface area contributed by atoms with Crippen molar-refractivity contribution in [3.05, 3.63) is 85.0 Å². The van der Waals surface area contributed by atoms with Crippen molar-refractivity contribution in [3.63, 3.8) is 0 Å². The molecule has 48 heavy (non-hydrogen) atoms. The summed E-state index contributed by atoms with van der Waals surface area (Å²) in [6.07, 6.45) is -0.494. The molecule has 0 saturated heterocycles. The molecular formula is C34H34O14. The predicted octanol–water partition coefficient (Wildman–Crippen LogP) is 3.45. The largest absolute Gasteiger partial charge is 0.462 e. The van der Waals surface area contributed by atoms with Gasteiger partial charge < -0.3 is 28.4 Å². The van der Waals surface area contributed by atoms with Gasteiger partial charge in [-0.25, -0.2) is 9.59 Å². The lowest BCUT2D eigenvalue weighted by atomic mass is 10.1. The summed E-state index contributed by atoms with van der Waals surface area (Å²) in [4.78, 5) is 94.1. The number of hydrogen-bond acceptors (Lipinski definition) is 14. The van der Waals surface area contributed by atoms with Crippen LogP contribution < -0.4 is 9.47 Å². The van der Waals surface area contributed by atoms with E-state index < -0.39 is 61.2 Å². The van der Waals surface area contributed by atoms with Crippen LogP contribution in [-0.4, -0.2) is 73.8 Å². The van der Waals surface area contributed by atoms with Crippen LogP contribution in [0.15, 0.2) is 73.8 Å². The number of carbonyl (C=O) groups excluding carboxylic acids is 8. The highest BCUT2D eigenvalue weighted by Gasteiger charge is 2.23. The van der Waals surface area contributed by atoms with E-state index in [1.165, 1.54) is 48.5 Å². The summed E-state index contributed by atoms with van der Waals surface area (Å²) in [6.45, 7) is 5.80. The highest BCUT2D eigenvalue weighted by atomic mass is 16.6. The lowest BCUT2D eigenvalue weighted by molar-refractivity contribution is -0.161. The second-order valence-corrected chi connectivity index (χ2v) is 9.79. The summed E-state index contributed by atoms with van der Waals surface area (Å²) in [6, 6.07) is 11.5. The highest BCUT2D eigenvalue weighted by molar-refractivity contribution is 5.82. The summed E-state index contributed by atoms with van der Waals surface area (Å²) in [5, 5.41) is 0. The van der Waals surface area contributed by atoms with Crippen LogP contribution in [0.3, 0.4) is 0 Å². The van der Waals surface area contributed by atoms with Gasteiger partial charge in [0.25, 0.3) is 0 Å². The second-order valence-electron chi connectivity index (χ2n) is 9.79. The van der Waals surface area contributed by atoms with Crippen molar-refractivity contribution >= 4 is 48.4 Å². The Bertz CT molecular complexity index is 1460. The molecule has 0 saturated carbocycles. The molecule has 0 aliphatic rings. The third kappa shape index (κ3) is 15.4. The second kappa shape index (κ2) is 21.0. The van der Waals surface area contributed by atoms with Crippen molar-refractivity contribution in [1.82, 2.24) is 0 Å². The fourth-order valence-electron chi connectivity index (χ4n) is 3.68. The smallest absolute Gasteiger partial charge is 0.330 e. The van der Waals surface area contributed by atoms with Gasteiger partial charge in [-0.1, -0.05) is 13.2 Å². The SMILES string of the molecule is C=CC(=O)OCC(CCC(COC(=O)CCC(=O)Oc1ccc(C=O)cc1)OC(=O)C=C)OC(=O)CCC(=O)Oc1ccc(C=O)cc1. The van der Waals surface area contributed by atoms with E-state index in [9.17, 15) is 38.4 Å². The third-order valence-electron chi connectivity index (χ3n) is 6.13. The van der Waals surface area contributed by atoms with E-state index in [0.29, 0.717) is 23.7 Å². The maximum atomic E-state index is 12.5. The molecule has 0 spiro atoms. The van der Waals surface area contributed by atoms with Crippen molar-refractivity contribution in [2.24, 2.45) is 0 Å². The molecule has 0 radical (unpaired) electrons. The van der Waals surface area contributed by atoms with Gasteiger partial charge in [-0.05, 0) is 61.4 Å². The maximum absolute atomic E-state index is 12.5. The zero-order valence-corrected chi connectivity index (χ0v) is 25.9. The van der Waals surface area contributed by atoms with Gasteiger partial charge in [-0.15, -0.1) is 0 Å². The van der Waals surface area contributed by atoms with Crippen LogP contribution in [0.5, 0.6) is 11.5 Å². The lowest BCUT2D eigenvalue weighted by Gasteiger charge is -2.21. The molecule has 0 bridgehead atoms. The van der Waals surface area contributed by atoms with Gasteiger partial charge in [-0.2, -0.15) is 0 Å². The quantitative estimate of drug-likeness (QED) is 0.0618.